The second kappa shape index (κ2) is 7.60. The molecule has 138 valence electrons. The van der Waals surface area contributed by atoms with Gasteiger partial charge in [0.15, 0.2) is 0 Å². The molecule has 3 heterocycles. The number of hydrogen-bond acceptors (Lipinski definition) is 5. The van der Waals surface area contributed by atoms with E-state index < -0.39 is 0 Å². The molecule has 26 heavy (non-hydrogen) atoms. The van der Waals surface area contributed by atoms with E-state index in [0.717, 1.165) is 43.9 Å². The van der Waals surface area contributed by atoms with Crippen LogP contribution in [0.1, 0.15) is 29.7 Å². The summed E-state index contributed by atoms with van der Waals surface area (Å²) in [5, 5.41) is 0. The number of fused-ring (bicyclic) bond motifs is 1. The zero-order chi connectivity index (χ0) is 18.1. The number of anilines is 1. The van der Waals surface area contributed by atoms with Crippen LogP contribution in [0.4, 0.5) is 5.69 Å². The lowest BCUT2D eigenvalue weighted by molar-refractivity contribution is -0.0925. The van der Waals surface area contributed by atoms with E-state index in [1.165, 1.54) is 25.2 Å². The molecule has 2 aliphatic rings. The van der Waals surface area contributed by atoms with Crippen molar-refractivity contribution >= 4 is 46.0 Å². The van der Waals surface area contributed by atoms with E-state index in [2.05, 4.69) is 42.3 Å². The van der Waals surface area contributed by atoms with Crippen LogP contribution in [-0.4, -0.2) is 32.4 Å². The van der Waals surface area contributed by atoms with Crippen LogP contribution in [0.2, 0.25) is 0 Å². The summed E-state index contributed by atoms with van der Waals surface area (Å²) < 4.78 is 12.8. The van der Waals surface area contributed by atoms with E-state index in [4.69, 9.17) is 21.7 Å². The fraction of sp³-hybridized carbons (Fsp3) is 0.450. The second-order valence-corrected chi connectivity index (χ2v) is 9.70. The highest BCUT2D eigenvalue weighted by atomic mass is 32.2. The lowest BCUT2D eigenvalue weighted by Crippen LogP contribution is -2.34. The van der Waals surface area contributed by atoms with Gasteiger partial charge in [-0.05, 0) is 42.3 Å². The average molecular weight is 406 g/mol. The highest BCUT2D eigenvalue weighted by Gasteiger charge is 2.35. The topological polar surface area (TPSA) is 21.7 Å². The molecule has 2 aliphatic heterocycles. The van der Waals surface area contributed by atoms with Gasteiger partial charge in [0, 0.05) is 62.1 Å². The number of aryl methyl sites for hydroxylation is 1. The Morgan fingerprint density at radius 1 is 1.19 bits per heavy atom. The van der Waals surface area contributed by atoms with Crippen molar-refractivity contribution in [1.82, 2.24) is 0 Å². The van der Waals surface area contributed by atoms with Gasteiger partial charge in [0.25, 0.3) is 0 Å². The zero-order valence-electron chi connectivity index (χ0n) is 15.1. The first-order valence-electron chi connectivity index (χ1n) is 8.92. The van der Waals surface area contributed by atoms with Gasteiger partial charge in [-0.2, -0.15) is 0 Å². The van der Waals surface area contributed by atoms with Gasteiger partial charge < -0.3 is 14.4 Å². The van der Waals surface area contributed by atoms with Crippen molar-refractivity contribution in [3.05, 3.63) is 40.8 Å². The van der Waals surface area contributed by atoms with Crippen molar-refractivity contribution in [2.45, 2.75) is 40.4 Å². The fourth-order valence-electron chi connectivity index (χ4n) is 3.68. The van der Waals surface area contributed by atoms with Gasteiger partial charge in [-0.3, -0.25) is 0 Å². The van der Waals surface area contributed by atoms with E-state index >= 15 is 0 Å². The van der Waals surface area contributed by atoms with Crippen LogP contribution in [-0.2, 0) is 21.5 Å². The minimum atomic E-state index is -0.171. The SMILES string of the molecule is COC1(c2ccc(Sc3ccc4c(c3)CCC(=S)N4C)s2)CCOCC1. The molecular formula is C20H23NO2S3. The van der Waals surface area contributed by atoms with Crippen LogP contribution >= 0.6 is 35.3 Å². The normalized spacial score (nSPS) is 19.5. The lowest BCUT2D eigenvalue weighted by Gasteiger charge is -2.35. The number of ether oxygens (including phenoxy) is 2. The van der Waals surface area contributed by atoms with E-state index in [9.17, 15) is 0 Å². The standard InChI is InChI=1S/C20H23NO2S3/c1-21-16-5-4-15(13-14(16)3-7-18(21)24)25-19-8-6-17(26-19)20(22-2)9-11-23-12-10-20/h4-6,8,13H,3,7,9-12H2,1-2H3. The number of thiophene rings is 1. The predicted molar refractivity (Wildman–Crippen MR) is 113 cm³/mol. The largest absolute Gasteiger partial charge is 0.381 e. The Kier molecular flexibility index (Phi) is 5.39. The molecule has 0 atom stereocenters. The summed E-state index contributed by atoms with van der Waals surface area (Å²) in [5.41, 5.74) is 2.47. The molecule has 0 aliphatic carbocycles. The Bertz CT molecular complexity index is 811. The van der Waals surface area contributed by atoms with E-state index in [1.807, 2.05) is 30.2 Å². The molecule has 0 saturated carbocycles. The molecule has 1 aromatic carbocycles. The molecule has 0 unspecified atom stereocenters. The van der Waals surface area contributed by atoms with Gasteiger partial charge in [0.2, 0.25) is 0 Å². The Morgan fingerprint density at radius 2 is 2.00 bits per heavy atom. The molecule has 1 fully saturated rings. The average Bonchev–Trinajstić information content (AvgIpc) is 3.14. The summed E-state index contributed by atoms with van der Waals surface area (Å²) in [7, 11) is 3.89. The predicted octanol–water partition coefficient (Wildman–Crippen LogP) is 5.26. The monoisotopic (exact) mass is 405 g/mol. The lowest BCUT2D eigenvalue weighted by atomic mass is 9.92. The maximum atomic E-state index is 5.93. The molecule has 0 amide bonds. The summed E-state index contributed by atoms with van der Waals surface area (Å²) in [6, 6.07) is 11.2. The smallest absolute Gasteiger partial charge is 0.106 e. The van der Waals surface area contributed by atoms with Crippen molar-refractivity contribution < 1.29 is 9.47 Å². The molecule has 1 saturated heterocycles. The van der Waals surface area contributed by atoms with E-state index in [0.29, 0.717) is 0 Å². The van der Waals surface area contributed by atoms with Crippen LogP contribution in [0.25, 0.3) is 0 Å². The molecule has 6 heteroatoms. The number of nitrogens with zero attached hydrogens (tertiary/aromatic N) is 1. The number of thiocarbonyl (C=S) groups is 1. The van der Waals surface area contributed by atoms with Crippen LogP contribution < -0.4 is 4.90 Å². The highest BCUT2D eigenvalue weighted by molar-refractivity contribution is 8.01. The summed E-state index contributed by atoms with van der Waals surface area (Å²) in [6.45, 7) is 1.54. The zero-order valence-corrected chi connectivity index (χ0v) is 17.6. The molecule has 1 aromatic heterocycles. The summed E-state index contributed by atoms with van der Waals surface area (Å²) >= 11 is 9.11. The van der Waals surface area contributed by atoms with E-state index in [1.54, 1.807) is 0 Å². The third-order valence-electron chi connectivity index (χ3n) is 5.33. The van der Waals surface area contributed by atoms with Gasteiger partial charge in [0.1, 0.15) is 5.60 Å². The molecule has 0 N–H and O–H groups in total. The van der Waals surface area contributed by atoms with Crippen LogP contribution in [0.3, 0.4) is 0 Å². The highest BCUT2D eigenvalue weighted by Crippen LogP contribution is 2.43. The molecule has 0 bridgehead atoms. The van der Waals surface area contributed by atoms with Gasteiger partial charge >= 0.3 is 0 Å². The van der Waals surface area contributed by atoms with Gasteiger partial charge in [0.05, 0.1) is 9.20 Å². The molecule has 0 spiro atoms. The van der Waals surface area contributed by atoms with Gasteiger partial charge in [-0.25, -0.2) is 0 Å². The molecule has 0 radical (unpaired) electrons. The first-order valence-corrected chi connectivity index (χ1v) is 11.0. The molecule has 3 nitrogen and oxygen atoms in total. The summed E-state index contributed by atoms with van der Waals surface area (Å²) in [6.07, 6.45) is 3.86. The number of benzene rings is 1. The maximum Gasteiger partial charge on any atom is 0.106 e. The van der Waals surface area contributed by atoms with Crippen molar-refractivity contribution in [2.75, 3.05) is 32.3 Å². The Hall–Kier alpha value is -0.920. The first-order chi connectivity index (χ1) is 12.6. The van der Waals surface area contributed by atoms with Gasteiger partial charge in [-0.1, -0.05) is 24.0 Å². The van der Waals surface area contributed by atoms with Crippen molar-refractivity contribution in [2.24, 2.45) is 0 Å². The third-order valence-corrected chi connectivity index (χ3v) is 8.20. The van der Waals surface area contributed by atoms with Crippen molar-refractivity contribution in [1.29, 1.82) is 0 Å². The Labute approximate surface area is 168 Å². The Balaban J connectivity index is 1.54. The minimum Gasteiger partial charge on any atom is -0.381 e. The van der Waals surface area contributed by atoms with Crippen molar-refractivity contribution in [3.8, 4) is 0 Å². The van der Waals surface area contributed by atoms with Crippen molar-refractivity contribution in [3.63, 3.8) is 0 Å². The van der Waals surface area contributed by atoms with Crippen LogP contribution in [0.5, 0.6) is 0 Å². The van der Waals surface area contributed by atoms with E-state index in [-0.39, 0.29) is 5.60 Å². The quantitative estimate of drug-likeness (QED) is 0.645. The molecular weight excluding hydrogens is 382 g/mol. The summed E-state index contributed by atoms with van der Waals surface area (Å²) in [4.78, 5) is 5.77. The van der Waals surface area contributed by atoms with Crippen LogP contribution in [0, 0.1) is 0 Å². The van der Waals surface area contributed by atoms with Gasteiger partial charge in [-0.15, -0.1) is 11.3 Å². The number of hydrogen-bond donors (Lipinski definition) is 0. The number of rotatable bonds is 4. The molecule has 4 rings (SSSR count). The Morgan fingerprint density at radius 3 is 2.77 bits per heavy atom. The number of methoxy groups -OCH3 is 1. The maximum absolute atomic E-state index is 5.93. The second-order valence-electron chi connectivity index (χ2n) is 6.77. The first kappa shape index (κ1) is 18.4. The fourth-order valence-corrected chi connectivity index (χ4v) is 6.28. The van der Waals surface area contributed by atoms with Crippen LogP contribution in [0.15, 0.2) is 39.4 Å². The molecule has 2 aromatic rings. The third kappa shape index (κ3) is 3.45. The summed E-state index contributed by atoms with van der Waals surface area (Å²) in [5.74, 6) is 0. The minimum absolute atomic E-state index is 0.171.